The molecule has 0 spiro atoms. The van der Waals surface area contributed by atoms with Gasteiger partial charge in [0.1, 0.15) is 5.82 Å². The van der Waals surface area contributed by atoms with E-state index in [1.54, 1.807) is 19.1 Å². The van der Waals surface area contributed by atoms with Gasteiger partial charge in [-0.15, -0.1) is 0 Å². The van der Waals surface area contributed by atoms with Crippen molar-refractivity contribution in [3.8, 4) is 0 Å². The Labute approximate surface area is 179 Å². The van der Waals surface area contributed by atoms with Gasteiger partial charge < -0.3 is 5.32 Å². The molecule has 0 aromatic heterocycles. The largest absolute Gasteiger partial charge is 0.351 e. The highest BCUT2D eigenvalue weighted by Gasteiger charge is 2.31. The molecule has 1 saturated heterocycles. The molecule has 1 N–H and O–H groups in total. The van der Waals surface area contributed by atoms with Crippen LogP contribution in [-0.2, 0) is 21.4 Å². The van der Waals surface area contributed by atoms with Crippen molar-refractivity contribution in [2.24, 2.45) is 0 Å². The van der Waals surface area contributed by atoms with Gasteiger partial charge >= 0.3 is 0 Å². The second kappa shape index (κ2) is 9.50. The van der Waals surface area contributed by atoms with Gasteiger partial charge in [-0.2, -0.15) is 4.31 Å². The minimum Gasteiger partial charge on any atom is -0.351 e. The summed E-state index contributed by atoms with van der Waals surface area (Å²) in [6, 6.07) is 9.61. The summed E-state index contributed by atoms with van der Waals surface area (Å²) in [7, 11) is -3.88. The average molecular weight is 450 g/mol. The molecule has 0 bridgehead atoms. The highest BCUT2D eigenvalue weighted by atomic mass is 32.2. The average Bonchev–Trinajstić information content (AvgIpc) is 2.73. The number of non-ortho nitro benzene ring substituents is 1. The van der Waals surface area contributed by atoms with Crippen LogP contribution < -0.4 is 5.32 Å². The van der Waals surface area contributed by atoms with E-state index in [9.17, 15) is 27.7 Å². The fourth-order valence-corrected chi connectivity index (χ4v) is 4.98. The lowest BCUT2D eigenvalue weighted by Gasteiger charge is -2.33. The molecule has 1 amide bonds. The molecule has 9 nitrogen and oxygen atoms in total. The van der Waals surface area contributed by atoms with Crippen molar-refractivity contribution in [3.63, 3.8) is 0 Å². The number of hydrogen-bond acceptors (Lipinski definition) is 6. The van der Waals surface area contributed by atoms with Crippen molar-refractivity contribution in [1.29, 1.82) is 0 Å². The fourth-order valence-electron chi connectivity index (χ4n) is 3.31. The molecule has 0 saturated carbocycles. The summed E-state index contributed by atoms with van der Waals surface area (Å²) in [4.78, 5) is 24.3. The number of carbonyl (C=O) groups excluding carboxylic acids is 1. The Morgan fingerprint density at radius 2 is 1.77 bits per heavy atom. The molecule has 0 aliphatic carbocycles. The van der Waals surface area contributed by atoms with Gasteiger partial charge in [-0.3, -0.25) is 19.8 Å². The SMILES string of the molecule is Cc1ccc([N+](=O)[O-])cc1S(=O)(=O)N1CCN(CC(=O)NCc2ccc(F)cc2)CC1. The molecule has 11 heteroatoms. The number of nitrogens with one attached hydrogen (secondary N) is 1. The van der Waals surface area contributed by atoms with Gasteiger partial charge in [0.15, 0.2) is 0 Å². The Balaban J connectivity index is 1.55. The van der Waals surface area contributed by atoms with Crippen molar-refractivity contribution in [2.45, 2.75) is 18.4 Å². The van der Waals surface area contributed by atoms with E-state index < -0.39 is 14.9 Å². The molecular formula is C20H23FN4O5S. The first-order chi connectivity index (χ1) is 14.7. The van der Waals surface area contributed by atoms with Crippen LogP contribution in [0.5, 0.6) is 0 Å². The summed E-state index contributed by atoms with van der Waals surface area (Å²) in [6.07, 6.45) is 0. The second-order valence-electron chi connectivity index (χ2n) is 7.29. The Kier molecular flexibility index (Phi) is 6.98. The predicted molar refractivity (Wildman–Crippen MR) is 111 cm³/mol. The van der Waals surface area contributed by atoms with Crippen molar-refractivity contribution < 1.29 is 22.5 Å². The van der Waals surface area contributed by atoms with Gasteiger partial charge in [0.25, 0.3) is 5.69 Å². The molecule has 2 aromatic rings. The van der Waals surface area contributed by atoms with E-state index in [0.29, 0.717) is 18.7 Å². The minimum atomic E-state index is -3.88. The monoisotopic (exact) mass is 450 g/mol. The van der Waals surface area contributed by atoms with E-state index in [-0.39, 0.29) is 48.5 Å². The van der Waals surface area contributed by atoms with Crippen LogP contribution in [0.15, 0.2) is 47.4 Å². The Morgan fingerprint density at radius 3 is 2.39 bits per heavy atom. The maximum atomic E-state index is 13.0. The van der Waals surface area contributed by atoms with E-state index in [1.165, 1.54) is 28.6 Å². The molecule has 1 fully saturated rings. The fraction of sp³-hybridized carbons (Fsp3) is 0.350. The normalized spacial score (nSPS) is 15.5. The molecule has 1 heterocycles. The molecule has 166 valence electrons. The standard InChI is InChI=1S/C20H23FN4O5S/c1-15-2-7-18(25(27)28)12-19(15)31(29,30)24-10-8-23(9-11-24)14-20(26)22-13-16-3-5-17(21)6-4-16/h2-7,12H,8-11,13-14H2,1H3,(H,22,26). The molecular weight excluding hydrogens is 427 g/mol. The summed E-state index contributed by atoms with van der Waals surface area (Å²) in [5, 5.41) is 13.8. The number of benzene rings is 2. The Hall–Kier alpha value is -2.89. The van der Waals surface area contributed by atoms with Gasteiger partial charge in [-0.25, -0.2) is 12.8 Å². The molecule has 3 rings (SSSR count). The number of sulfonamides is 1. The number of nitro benzene ring substituents is 1. The molecule has 2 aromatic carbocycles. The van der Waals surface area contributed by atoms with Crippen molar-refractivity contribution in [2.75, 3.05) is 32.7 Å². The van der Waals surface area contributed by atoms with Crippen LogP contribution in [0.1, 0.15) is 11.1 Å². The van der Waals surface area contributed by atoms with E-state index in [1.807, 2.05) is 4.90 Å². The smallest absolute Gasteiger partial charge is 0.270 e. The number of nitrogens with zero attached hydrogens (tertiary/aromatic N) is 3. The van der Waals surface area contributed by atoms with Crippen LogP contribution in [0.4, 0.5) is 10.1 Å². The maximum Gasteiger partial charge on any atom is 0.270 e. The predicted octanol–water partition coefficient (Wildman–Crippen LogP) is 1.67. The molecule has 0 unspecified atom stereocenters. The summed E-state index contributed by atoms with van der Waals surface area (Å²) in [5.41, 5.74) is 0.937. The summed E-state index contributed by atoms with van der Waals surface area (Å²) < 4.78 is 40.2. The van der Waals surface area contributed by atoms with Gasteiger partial charge in [-0.1, -0.05) is 18.2 Å². The lowest BCUT2D eigenvalue weighted by molar-refractivity contribution is -0.385. The molecule has 1 aliphatic heterocycles. The van der Waals surface area contributed by atoms with Crippen LogP contribution in [0, 0.1) is 22.9 Å². The van der Waals surface area contributed by atoms with Crippen molar-refractivity contribution in [1.82, 2.24) is 14.5 Å². The van der Waals surface area contributed by atoms with Crippen LogP contribution in [0.2, 0.25) is 0 Å². The molecule has 0 atom stereocenters. The number of amides is 1. The lowest BCUT2D eigenvalue weighted by atomic mass is 10.2. The number of aryl methyl sites for hydroxylation is 1. The van der Waals surface area contributed by atoms with Gasteiger partial charge in [-0.05, 0) is 30.2 Å². The zero-order valence-electron chi connectivity index (χ0n) is 17.0. The highest BCUT2D eigenvalue weighted by molar-refractivity contribution is 7.89. The number of hydrogen-bond donors (Lipinski definition) is 1. The third-order valence-corrected chi connectivity index (χ3v) is 7.14. The van der Waals surface area contributed by atoms with Crippen LogP contribution >= 0.6 is 0 Å². The van der Waals surface area contributed by atoms with Gasteiger partial charge in [0, 0.05) is 44.9 Å². The van der Waals surface area contributed by atoms with E-state index in [0.717, 1.165) is 11.6 Å². The first kappa shape index (κ1) is 22.8. The topological polar surface area (TPSA) is 113 Å². The van der Waals surface area contributed by atoms with E-state index in [2.05, 4.69) is 5.32 Å². The molecule has 31 heavy (non-hydrogen) atoms. The van der Waals surface area contributed by atoms with Gasteiger partial charge in [0.05, 0.1) is 16.4 Å². The zero-order chi connectivity index (χ0) is 22.6. The molecule has 1 aliphatic rings. The third kappa shape index (κ3) is 5.63. The highest BCUT2D eigenvalue weighted by Crippen LogP contribution is 2.25. The van der Waals surface area contributed by atoms with E-state index in [4.69, 9.17) is 0 Å². The number of halogens is 1. The quantitative estimate of drug-likeness (QED) is 0.507. The summed E-state index contributed by atoms with van der Waals surface area (Å²) >= 11 is 0. The van der Waals surface area contributed by atoms with Crippen LogP contribution in [-0.4, -0.2) is 61.2 Å². The van der Waals surface area contributed by atoms with Crippen molar-refractivity contribution in [3.05, 3.63) is 69.5 Å². The number of carbonyl (C=O) groups is 1. The first-order valence-corrected chi connectivity index (χ1v) is 11.1. The van der Waals surface area contributed by atoms with Crippen LogP contribution in [0.3, 0.4) is 0 Å². The second-order valence-corrected chi connectivity index (χ2v) is 9.20. The maximum absolute atomic E-state index is 13.0. The molecule has 0 radical (unpaired) electrons. The number of rotatable bonds is 7. The Bertz CT molecular complexity index is 1070. The van der Waals surface area contributed by atoms with Crippen molar-refractivity contribution >= 4 is 21.6 Å². The van der Waals surface area contributed by atoms with Crippen LogP contribution in [0.25, 0.3) is 0 Å². The zero-order valence-corrected chi connectivity index (χ0v) is 17.8. The lowest BCUT2D eigenvalue weighted by Crippen LogP contribution is -2.51. The minimum absolute atomic E-state index is 0.0767. The number of nitro groups is 1. The summed E-state index contributed by atoms with van der Waals surface area (Å²) in [5.74, 6) is -0.557. The van der Waals surface area contributed by atoms with Gasteiger partial charge in [0.2, 0.25) is 15.9 Å². The summed E-state index contributed by atoms with van der Waals surface area (Å²) in [6.45, 7) is 3.06. The van der Waals surface area contributed by atoms with E-state index >= 15 is 0 Å². The Morgan fingerprint density at radius 1 is 1.13 bits per heavy atom. The first-order valence-electron chi connectivity index (χ1n) is 9.65. The third-order valence-electron chi connectivity index (χ3n) is 5.10. The number of piperazine rings is 1.